The molecular formula is C8H5Cl2NS2. The molecule has 2 aromatic rings. The molecule has 0 aromatic carbocycles. The predicted molar refractivity (Wildman–Crippen MR) is 60.0 cm³/mol. The van der Waals surface area contributed by atoms with Gasteiger partial charge in [0.2, 0.25) is 0 Å². The van der Waals surface area contributed by atoms with Crippen LogP contribution in [0.1, 0.15) is 5.69 Å². The lowest BCUT2D eigenvalue weighted by atomic mass is 10.5. The summed E-state index contributed by atoms with van der Waals surface area (Å²) in [5.41, 5.74) is 0.922. The normalized spacial score (nSPS) is 10.6. The maximum absolute atomic E-state index is 5.82. The van der Waals surface area contributed by atoms with Crippen molar-refractivity contribution < 1.29 is 0 Å². The molecule has 1 nitrogen and oxygen atoms in total. The average molecular weight is 250 g/mol. The summed E-state index contributed by atoms with van der Waals surface area (Å²) in [5, 5.41) is 2.96. The molecule has 0 saturated carbocycles. The zero-order chi connectivity index (χ0) is 9.26. The largest absolute Gasteiger partial charge is 0.239 e. The molecule has 0 bridgehead atoms. The fraction of sp³-hybridized carbons (Fsp3) is 0.125. The third kappa shape index (κ3) is 2.05. The number of hydrogen-bond donors (Lipinski definition) is 0. The van der Waals surface area contributed by atoms with Crippen LogP contribution >= 0.6 is 45.9 Å². The van der Waals surface area contributed by atoms with E-state index in [1.165, 1.54) is 11.3 Å². The molecular weight excluding hydrogens is 245 g/mol. The first-order chi connectivity index (χ1) is 6.29. The van der Waals surface area contributed by atoms with Crippen molar-refractivity contribution in [3.63, 3.8) is 0 Å². The molecule has 0 atom stereocenters. The molecule has 0 aliphatic rings. The predicted octanol–water partition coefficient (Wildman–Crippen LogP) is 4.26. The highest BCUT2D eigenvalue weighted by Crippen LogP contribution is 2.32. The fourth-order valence-corrected chi connectivity index (χ4v) is 3.07. The Morgan fingerprint density at radius 2 is 2.23 bits per heavy atom. The summed E-state index contributed by atoms with van der Waals surface area (Å²) in [7, 11) is 0. The lowest BCUT2D eigenvalue weighted by Crippen LogP contribution is -1.75. The Hall–Kier alpha value is -0.0900. The number of halogens is 2. The van der Waals surface area contributed by atoms with E-state index in [0.717, 1.165) is 19.9 Å². The lowest BCUT2D eigenvalue weighted by Gasteiger charge is -1.86. The van der Waals surface area contributed by atoms with Crippen molar-refractivity contribution in [2.24, 2.45) is 0 Å². The van der Waals surface area contributed by atoms with E-state index in [1.807, 2.05) is 17.5 Å². The van der Waals surface area contributed by atoms with Crippen LogP contribution in [0, 0.1) is 0 Å². The van der Waals surface area contributed by atoms with E-state index < -0.39 is 0 Å². The minimum atomic E-state index is 0.468. The Kier molecular flexibility index (Phi) is 2.89. The number of rotatable bonds is 2. The fourth-order valence-electron chi connectivity index (χ4n) is 0.911. The third-order valence-corrected chi connectivity index (χ3v) is 4.04. The minimum Gasteiger partial charge on any atom is -0.239 e. The highest BCUT2D eigenvalue weighted by Gasteiger charge is 2.06. The highest BCUT2D eigenvalue weighted by atomic mass is 35.5. The van der Waals surface area contributed by atoms with Gasteiger partial charge >= 0.3 is 0 Å². The zero-order valence-electron chi connectivity index (χ0n) is 6.46. The number of nitrogens with zero attached hydrogens (tertiary/aromatic N) is 1. The van der Waals surface area contributed by atoms with Crippen LogP contribution in [-0.2, 0) is 5.88 Å². The Bertz CT molecular complexity index is 408. The summed E-state index contributed by atoms with van der Waals surface area (Å²) in [5.74, 6) is 0.468. The van der Waals surface area contributed by atoms with Gasteiger partial charge < -0.3 is 0 Å². The van der Waals surface area contributed by atoms with Gasteiger partial charge in [0.05, 0.1) is 20.8 Å². The smallest absolute Gasteiger partial charge is 0.133 e. The van der Waals surface area contributed by atoms with Gasteiger partial charge in [-0.3, -0.25) is 0 Å². The van der Waals surface area contributed by atoms with E-state index in [2.05, 4.69) is 4.98 Å². The third-order valence-electron chi connectivity index (χ3n) is 1.47. The van der Waals surface area contributed by atoms with Gasteiger partial charge in [-0.25, -0.2) is 4.98 Å². The first-order valence-electron chi connectivity index (χ1n) is 3.55. The van der Waals surface area contributed by atoms with Gasteiger partial charge in [0.1, 0.15) is 5.01 Å². The maximum atomic E-state index is 5.82. The van der Waals surface area contributed by atoms with Crippen LogP contribution in [-0.4, -0.2) is 4.98 Å². The van der Waals surface area contributed by atoms with E-state index in [9.17, 15) is 0 Å². The lowest BCUT2D eigenvalue weighted by molar-refractivity contribution is 1.23. The van der Waals surface area contributed by atoms with Crippen molar-refractivity contribution in [3.05, 3.63) is 27.5 Å². The van der Waals surface area contributed by atoms with Crippen molar-refractivity contribution in [2.75, 3.05) is 0 Å². The molecule has 68 valence electrons. The summed E-state index contributed by atoms with van der Waals surface area (Å²) >= 11 is 14.6. The Morgan fingerprint density at radius 3 is 2.77 bits per heavy atom. The van der Waals surface area contributed by atoms with Crippen LogP contribution in [0.5, 0.6) is 0 Å². The molecule has 0 aliphatic heterocycles. The van der Waals surface area contributed by atoms with Gasteiger partial charge in [-0.05, 0) is 12.1 Å². The molecule has 0 saturated heterocycles. The second-order valence-electron chi connectivity index (χ2n) is 2.38. The maximum Gasteiger partial charge on any atom is 0.133 e. The van der Waals surface area contributed by atoms with Gasteiger partial charge in [-0.15, -0.1) is 34.3 Å². The molecule has 0 fully saturated rings. The van der Waals surface area contributed by atoms with Crippen LogP contribution in [0.3, 0.4) is 0 Å². The van der Waals surface area contributed by atoms with Crippen molar-refractivity contribution in [3.8, 4) is 9.88 Å². The molecule has 2 rings (SSSR count). The highest BCUT2D eigenvalue weighted by molar-refractivity contribution is 7.23. The monoisotopic (exact) mass is 249 g/mol. The Morgan fingerprint density at radius 1 is 1.38 bits per heavy atom. The quantitative estimate of drug-likeness (QED) is 0.725. The van der Waals surface area contributed by atoms with Crippen molar-refractivity contribution in [2.45, 2.75) is 5.88 Å². The minimum absolute atomic E-state index is 0.468. The van der Waals surface area contributed by atoms with Crippen molar-refractivity contribution in [1.29, 1.82) is 0 Å². The number of aromatic nitrogens is 1. The van der Waals surface area contributed by atoms with Crippen LogP contribution < -0.4 is 0 Å². The molecule has 0 amide bonds. The van der Waals surface area contributed by atoms with E-state index in [-0.39, 0.29) is 0 Å². The molecule has 0 radical (unpaired) electrons. The number of thiophene rings is 1. The van der Waals surface area contributed by atoms with Gasteiger partial charge in [0.15, 0.2) is 0 Å². The number of alkyl halides is 1. The second kappa shape index (κ2) is 3.96. The van der Waals surface area contributed by atoms with E-state index in [4.69, 9.17) is 23.2 Å². The molecule has 0 aliphatic carbocycles. The van der Waals surface area contributed by atoms with Gasteiger partial charge in [-0.2, -0.15) is 0 Å². The first kappa shape index (κ1) is 9.46. The van der Waals surface area contributed by atoms with E-state index >= 15 is 0 Å². The Balaban J connectivity index is 2.35. The first-order valence-corrected chi connectivity index (χ1v) is 6.16. The average Bonchev–Trinajstić information content (AvgIpc) is 2.71. The molecule has 13 heavy (non-hydrogen) atoms. The topological polar surface area (TPSA) is 12.9 Å². The van der Waals surface area contributed by atoms with E-state index in [1.54, 1.807) is 11.3 Å². The van der Waals surface area contributed by atoms with Crippen molar-refractivity contribution in [1.82, 2.24) is 4.98 Å². The molecule has 5 heteroatoms. The van der Waals surface area contributed by atoms with Crippen molar-refractivity contribution >= 4 is 45.9 Å². The Labute approximate surface area is 94.0 Å². The summed E-state index contributed by atoms with van der Waals surface area (Å²) in [6.45, 7) is 0. The van der Waals surface area contributed by atoms with Crippen LogP contribution in [0.15, 0.2) is 17.5 Å². The van der Waals surface area contributed by atoms with E-state index in [0.29, 0.717) is 5.88 Å². The molecule has 0 N–H and O–H groups in total. The zero-order valence-corrected chi connectivity index (χ0v) is 9.60. The van der Waals surface area contributed by atoms with Gasteiger partial charge in [-0.1, -0.05) is 11.6 Å². The summed E-state index contributed by atoms with van der Waals surface area (Å²) in [6, 6.07) is 3.85. The summed E-state index contributed by atoms with van der Waals surface area (Å²) < 4.78 is 0.789. The number of thiazole rings is 1. The van der Waals surface area contributed by atoms with Crippen LogP contribution in [0.2, 0.25) is 4.34 Å². The number of hydrogen-bond acceptors (Lipinski definition) is 3. The van der Waals surface area contributed by atoms with Gasteiger partial charge in [0.25, 0.3) is 0 Å². The molecule has 0 unspecified atom stereocenters. The summed E-state index contributed by atoms with van der Waals surface area (Å²) in [4.78, 5) is 5.45. The summed E-state index contributed by atoms with van der Waals surface area (Å²) in [6.07, 6.45) is 0. The van der Waals surface area contributed by atoms with Gasteiger partial charge in [0, 0.05) is 5.38 Å². The van der Waals surface area contributed by atoms with Crippen LogP contribution in [0.25, 0.3) is 9.88 Å². The molecule has 0 spiro atoms. The molecule has 2 heterocycles. The SMILES string of the molecule is ClCc1csc(-c2ccc(Cl)s2)n1. The van der Waals surface area contributed by atoms with Crippen LogP contribution in [0.4, 0.5) is 0 Å². The second-order valence-corrected chi connectivity index (χ2v) is 5.22. The standard InChI is InChI=1S/C8H5Cl2NS2/c9-3-5-4-12-8(11-5)6-1-2-7(10)13-6/h1-2,4H,3H2. The molecule has 2 aromatic heterocycles.